The Balaban J connectivity index is 2.18. The third-order valence-corrected chi connectivity index (χ3v) is 3.56. The Morgan fingerprint density at radius 2 is 1.91 bits per heavy atom. The molecule has 3 rings (SSSR count). The molecule has 0 fully saturated rings. The maximum Gasteiger partial charge on any atom is 0.166 e. The van der Waals surface area contributed by atoms with Crippen molar-refractivity contribution in [3.05, 3.63) is 53.5 Å². The van der Waals surface area contributed by atoms with Gasteiger partial charge in [-0.1, -0.05) is 6.92 Å². The molecule has 0 spiro atoms. The number of nitrogens with zero attached hydrogens (tertiary/aromatic N) is 3. The van der Waals surface area contributed by atoms with E-state index in [4.69, 9.17) is 11.5 Å². The lowest BCUT2D eigenvalue weighted by Gasteiger charge is -2.15. The lowest BCUT2D eigenvalue weighted by atomic mass is 9.95. The molecule has 5 nitrogen and oxygen atoms in total. The van der Waals surface area contributed by atoms with E-state index in [-0.39, 0.29) is 28.1 Å². The van der Waals surface area contributed by atoms with Crippen LogP contribution < -0.4 is 11.5 Å². The lowest BCUT2D eigenvalue weighted by molar-refractivity contribution is 0.553. The highest BCUT2D eigenvalue weighted by Gasteiger charge is 2.22. The lowest BCUT2D eigenvalue weighted by Crippen LogP contribution is -2.09. The van der Waals surface area contributed by atoms with Crippen LogP contribution in [0.5, 0.6) is 0 Å². The van der Waals surface area contributed by atoms with Crippen LogP contribution in [-0.2, 0) is 0 Å². The summed E-state index contributed by atoms with van der Waals surface area (Å²) in [5.41, 5.74) is 11.6. The third kappa shape index (κ3) is 2.20. The van der Waals surface area contributed by atoms with Crippen LogP contribution in [0.3, 0.4) is 0 Å². The summed E-state index contributed by atoms with van der Waals surface area (Å²) in [4.78, 5) is 11.9. The van der Waals surface area contributed by atoms with E-state index >= 15 is 0 Å². The van der Waals surface area contributed by atoms with Crippen LogP contribution in [0.25, 0.3) is 10.9 Å². The fraction of sp³-hybridized carbons (Fsp3) is 0.133. The van der Waals surface area contributed by atoms with Gasteiger partial charge < -0.3 is 11.5 Å². The number of nitrogen functional groups attached to an aromatic ring is 2. The van der Waals surface area contributed by atoms with Gasteiger partial charge in [0.15, 0.2) is 11.6 Å². The first-order valence-electron chi connectivity index (χ1n) is 6.59. The number of aromatic nitrogens is 3. The van der Waals surface area contributed by atoms with Gasteiger partial charge in [-0.05, 0) is 12.1 Å². The highest BCUT2D eigenvalue weighted by Crippen LogP contribution is 2.32. The van der Waals surface area contributed by atoms with Crippen LogP contribution in [0.1, 0.15) is 24.1 Å². The van der Waals surface area contributed by atoms with Gasteiger partial charge in [0.25, 0.3) is 0 Å². The Morgan fingerprint density at radius 3 is 2.64 bits per heavy atom. The number of benzene rings is 1. The van der Waals surface area contributed by atoms with E-state index in [1.807, 2.05) is 0 Å². The summed E-state index contributed by atoms with van der Waals surface area (Å²) in [5, 5.41) is 0.252. The Labute approximate surface area is 125 Å². The molecule has 0 aliphatic carbocycles. The highest BCUT2D eigenvalue weighted by atomic mass is 19.1. The molecular weight excluding hydrogens is 288 g/mol. The normalized spacial score (nSPS) is 12.5. The van der Waals surface area contributed by atoms with Gasteiger partial charge in [-0.25, -0.2) is 18.7 Å². The fourth-order valence-electron chi connectivity index (χ4n) is 2.35. The molecule has 3 aromatic rings. The number of hydrogen-bond acceptors (Lipinski definition) is 5. The molecule has 0 amide bonds. The van der Waals surface area contributed by atoms with Crippen LogP contribution in [0, 0.1) is 11.6 Å². The molecule has 7 heteroatoms. The van der Waals surface area contributed by atoms with E-state index in [0.717, 1.165) is 0 Å². The molecule has 0 saturated carbocycles. The molecule has 0 saturated heterocycles. The van der Waals surface area contributed by atoms with Gasteiger partial charge in [-0.3, -0.25) is 4.98 Å². The zero-order valence-electron chi connectivity index (χ0n) is 11.7. The molecule has 1 atom stereocenters. The van der Waals surface area contributed by atoms with E-state index in [2.05, 4.69) is 15.0 Å². The first-order valence-corrected chi connectivity index (χ1v) is 6.59. The van der Waals surface area contributed by atoms with Gasteiger partial charge in [-0.15, -0.1) is 0 Å². The second kappa shape index (κ2) is 5.18. The molecular formula is C15H13F2N5. The summed E-state index contributed by atoms with van der Waals surface area (Å²) in [6.45, 7) is 1.63. The van der Waals surface area contributed by atoms with Crippen LogP contribution >= 0.6 is 0 Å². The summed E-state index contributed by atoms with van der Waals surface area (Å²) in [6, 6.07) is 4.35. The van der Waals surface area contributed by atoms with Gasteiger partial charge >= 0.3 is 0 Å². The van der Waals surface area contributed by atoms with E-state index in [0.29, 0.717) is 5.69 Å². The number of pyridine rings is 1. The monoisotopic (exact) mass is 301 g/mol. The van der Waals surface area contributed by atoms with Crippen molar-refractivity contribution in [1.82, 2.24) is 15.0 Å². The summed E-state index contributed by atoms with van der Waals surface area (Å²) in [6.07, 6.45) is 2.85. The fourth-order valence-corrected chi connectivity index (χ4v) is 2.35. The molecule has 4 N–H and O–H groups in total. The van der Waals surface area contributed by atoms with E-state index in [9.17, 15) is 8.78 Å². The summed E-state index contributed by atoms with van der Waals surface area (Å²) >= 11 is 0. The van der Waals surface area contributed by atoms with Crippen LogP contribution in [0.15, 0.2) is 30.6 Å². The molecule has 0 aliphatic rings. The smallest absolute Gasteiger partial charge is 0.166 e. The SMILES string of the molecule is CC(c1cnc(N)c(N)n1)c1c(F)cc2ncccc2c1F. The van der Waals surface area contributed by atoms with Crippen LogP contribution in [-0.4, -0.2) is 15.0 Å². The Bertz CT molecular complexity index is 866. The van der Waals surface area contributed by atoms with Crippen LogP contribution in [0.4, 0.5) is 20.4 Å². The quantitative estimate of drug-likeness (QED) is 0.759. The standard InChI is InChI=1S/C15H13F2N5/c1-7(11-6-21-14(18)15(19)22-11)12-9(16)5-10-8(13(12)17)3-2-4-20-10/h2-7H,1H3,(H2,18,21)(H2,19,22). The molecule has 1 unspecified atom stereocenters. The minimum absolute atomic E-state index is 0.0348. The molecule has 0 bridgehead atoms. The maximum absolute atomic E-state index is 14.7. The van der Waals surface area contributed by atoms with E-state index < -0.39 is 17.6 Å². The second-order valence-corrected chi connectivity index (χ2v) is 4.94. The Kier molecular flexibility index (Phi) is 3.32. The largest absolute Gasteiger partial charge is 0.381 e. The third-order valence-electron chi connectivity index (χ3n) is 3.56. The molecule has 22 heavy (non-hydrogen) atoms. The minimum atomic E-state index is -0.687. The van der Waals surface area contributed by atoms with Crippen molar-refractivity contribution in [2.45, 2.75) is 12.8 Å². The number of nitrogens with two attached hydrogens (primary N) is 2. The Morgan fingerprint density at radius 1 is 1.14 bits per heavy atom. The summed E-state index contributed by atoms with van der Waals surface area (Å²) in [5.74, 6) is -1.89. The predicted molar refractivity (Wildman–Crippen MR) is 80.0 cm³/mol. The number of rotatable bonds is 2. The molecule has 2 aromatic heterocycles. The van der Waals surface area contributed by atoms with E-state index in [1.165, 1.54) is 18.5 Å². The van der Waals surface area contributed by atoms with E-state index in [1.54, 1.807) is 19.1 Å². The van der Waals surface area contributed by atoms with Crippen molar-refractivity contribution in [2.75, 3.05) is 11.5 Å². The molecule has 2 heterocycles. The average Bonchev–Trinajstić information content (AvgIpc) is 2.50. The Hall–Kier alpha value is -2.83. The second-order valence-electron chi connectivity index (χ2n) is 4.94. The van der Waals surface area contributed by atoms with Crippen molar-refractivity contribution in [2.24, 2.45) is 0 Å². The van der Waals surface area contributed by atoms with Crippen molar-refractivity contribution in [1.29, 1.82) is 0 Å². The summed E-state index contributed by atoms with van der Waals surface area (Å²) < 4.78 is 29.0. The highest BCUT2D eigenvalue weighted by molar-refractivity contribution is 5.80. The number of anilines is 2. The van der Waals surface area contributed by atoms with Gasteiger partial charge in [0.2, 0.25) is 0 Å². The molecule has 0 aliphatic heterocycles. The van der Waals surface area contributed by atoms with Crippen molar-refractivity contribution in [3.63, 3.8) is 0 Å². The van der Waals surface area contributed by atoms with Gasteiger partial charge in [0.1, 0.15) is 11.6 Å². The number of halogens is 2. The van der Waals surface area contributed by atoms with Crippen LogP contribution in [0.2, 0.25) is 0 Å². The first kappa shape index (κ1) is 14.1. The maximum atomic E-state index is 14.7. The number of hydrogen-bond donors (Lipinski definition) is 2. The first-order chi connectivity index (χ1) is 10.5. The van der Waals surface area contributed by atoms with Crippen molar-refractivity contribution >= 4 is 22.5 Å². The molecule has 112 valence electrons. The van der Waals surface area contributed by atoms with Gasteiger partial charge in [0.05, 0.1) is 17.4 Å². The van der Waals surface area contributed by atoms with Gasteiger partial charge in [-0.2, -0.15) is 0 Å². The van der Waals surface area contributed by atoms with Gasteiger partial charge in [0, 0.05) is 29.1 Å². The molecule has 1 aromatic carbocycles. The number of fused-ring (bicyclic) bond motifs is 1. The summed E-state index contributed by atoms with van der Waals surface area (Å²) in [7, 11) is 0. The zero-order chi connectivity index (χ0) is 15.9. The topological polar surface area (TPSA) is 90.7 Å². The zero-order valence-corrected chi connectivity index (χ0v) is 11.7. The molecule has 0 radical (unpaired) electrons. The minimum Gasteiger partial charge on any atom is -0.381 e. The van der Waals surface area contributed by atoms with Crippen molar-refractivity contribution in [3.8, 4) is 0 Å². The average molecular weight is 301 g/mol. The predicted octanol–water partition coefficient (Wildman–Crippen LogP) is 2.62. The van der Waals surface area contributed by atoms with Crippen molar-refractivity contribution < 1.29 is 8.78 Å².